The Labute approximate surface area is 218 Å². The number of hydrogen-bond acceptors (Lipinski definition) is 5. The SMILES string of the molecule is CCCCCCCCCCCCCCCC(=O)NP(=O)(c1ccc([N+](=O)[O-])cc1)C(CO)[N+](C)(C)C. The number of benzene rings is 1. The zero-order chi connectivity index (χ0) is 27.0. The highest BCUT2D eigenvalue weighted by molar-refractivity contribution is 7.70. The van der Waals surface area contributed by atoms with Crippen molar-refractivity contribution in [1.82, 2.24) is 5.09 Å². The lowest BCUT2D eigenvalue weighted by Crippen LogP contribution is -2.51. The number of amides is 1. The van der Waals surface area contributed by atoms with Crippen LogP contribution in [0.1, 0.15) is 96.8 Å². The van der Waals surface area contributed by atoms with Crippen molar-refractivity contribution in [3.63, 3.8) is 0 Å². The molecule has 2 atom stereocenters. The second kappa shape index (κ2) is 16.9. The molecule has 0 aliphatic heterocycles. The fourth-order valence-electron chi connectivity index (χ4n) is 4.50. The van der Waals surface area contributed by atoms with E-state index in [0.717, 1.165) is 19.3 Å². The number of likely N-dealkylation sites (N-methyl/N-ethyl adjacent to an activating group) is 1. The fourth-order valence-corrected chi connectivity index (χ4v) is 7.40. The van der Waals surface area contributed by atoms with E-state index in [4.69, 9.17) is 0 Å². The lowest BCUT2D eigenvalue weighted by Gasteiger charge is -2.38. The molecule has 2 unspecified atom stereocenters. The van der Waals surface area contributed by atoms with Gasteiger partial charge in [0.25, 0.3) is 13.0 Å². The molecule has 0 saturated heterocycles. The highest BCUT2D eigenvalue weighted by Gasteiger charge is 2.44. The average molecular weight is 527 g/mol. The summed E-state index contributed by atoms with van der Waals surface area (Å²) >= 11 is 0. The lowest BCUT2D eigenvalue weighted by molar-refractivity contribution is -0.882. The van der Waals surface area contributed by atoms with Gasteiger partial charge in [-0.2, -0.15) is 0 Å². The summed E-state index contributed by atoms with van der Waals surface area (Å²) in [6, 6.07) is 5.40. The first kappa shape index (κ1) is 32.3. The molecule has 2 N–H and O–H groups in total. The minimum absolute atomic E-state index is 0.116. The van der Waals surface area contributed by atoms with Gasteiger partial charge in [0.1, 0.15) is 6.61 Å². The van der Waals surface area contributed by atoms with Gasteiger partial charge in [-0.15, -0.1) is 0 Å². The normalized spacial score (nSPS) is 14.2. The third-order valence-electron chi connectivity index (χ3n) is 6.72. The van der Waals surface area contributed by atoms with E-state index in [1.165, 1.54) is 88.5 Å². The average Bonchev–Trinajstić information content (AvgIpc) is 2.81. The van der Waals surface area contributed by atoms with Crippen molar-refractivity contribution in [2.45, 2.75) is 103 Å². The predicted molar refractivity (Wildman–Crippen MR) is 148 cm³/mol. The molecule has 1 aromatic carbocycles. The largest absolute Gasteiger partial charge is 0.390 e. The third-order valence-corrected chi connectivity index (χ3v) is 10.1. The van der Waals surface area contributed by atoms with Crippen LogP contribution in [-0.2, 0) is 9.36 Å². The Morgan fingerprint density at radius 2 is 1.36 bits per heavy atom. The number of rotatable bonds is 20. The number of nitrogens with zero attached hydrogens (tertiary/aromatic N) is 2. The molecule has 9 heteroatoms. The van der Waals surface area contributed by atoms with Gasteiger partial charge in [-0.3, -0.25) is 24.6 Å². The molecule has 8 nitrogen and oxygen atoms in total. The topological polar surface area (TPSA) is 110 Å². The van der Waals surface area contributed by atoms with Gasteiger partial charge in [0.2, 0.25) is 5.91 Å². The lowest BCUT2D eigenvalue weighted by atomic mass is 10.0. The van der Waals surface area contributed by atoms with E-state index < -0.39 is 24.6 Å². The number of hydrogen-bond donors (Lipinski definition) is 2. The first-order valence-electron chi connectivity index (χ1n) is 13.6. The Balaban J connectivity index is 2.51. The molecular weight excluding hydrogens is 477 g/mol. The molecule has 206 valence electrons. The van der Waals surface area contributed by atoms with Crippen LogP contribution in [0.3, 0.4) is 0 Å². The molecule has 1 aromatic rings. The van der Waals surface area contributed by atoms with Gasteiger partial charge in [-0.25, -0.2) is 0 Å². The highest BCUT2D eigenvalue weighted by Crippen LogP contribution is 2.48. The molecule has 0 aliphatic rings. The fraction of sp³-hybridized carbons (Fsp3) is 0.741. The number of nitro groups is 1. The van der Waals surface area contributed by atoms with Crippen molar-refractivity contribution in [2.75, 3.05) is 27.7 Å². The van der Waals surface area contributed by atoms with E-state index in [9.17, 15) is 24.6 Å². The Bertz CT molecular complexity index is 824. The number of aliphatic hydroxyl groups is 1. The van der Waals surface area contributed by atoms with Crippen molar-refractivity contribution in [1.29, 1.82) is 0 Å². The van der Waals surface area contributed by atoms with Crippen LogP contribution in [0, 0.1) is 10.1 Å². The van der Waals surface area contributed by atoms with Crippen molar-refractivity contribution in [3.8, 4) is 0 Å². The summed E-state index contributed by atoms with van der Waals surface area (Å²) in [5.41, 5.74) is -0.116. The summed E-state index contributed by atoms with van der Waals surface area (Å²) in [4.78, 5) is 23.3. The second-order valence-corrected chi connectivity index (χ2v) is 13.4. The zero-order valence-electron chi connectivity index (χ0n) is 22.9. The van der Waals surface area contributed by atoms with Crippen LogP contribution in [0.15, 0.2) is 24.3 Å². The summed E-state index contributed by atoms with van der Waals surface area (Å²) < 4.78 is 14.3. The van der Waals surface area contributed by atoms with E-state index >= 15 is 0 Å². The minimum atomic E-state index is -3.60. The van der Waals surface area contributed by atoms with Crippen LogP contribution < -0.4 is 10.4 Å². The Hall–Kier alpha value is -1.76. The molecule has 1 rings (SSSR count). The monoisotopic (exact) mass is 526 g/mol. The Morgan fingerprint density at radius 1 is 0.917 bits per heavy atom. The number of aliphatic hydroxyl groups excluding tert-OH is 1. The van der Waals surface area contributed by atoms with E-state index in [2.05, 4.69) is 12.0 Å². The first-order chi connectivity index (χ1) is 17.1. The maximum atomic E-state index is 14.1. The first-order valence-corrected chi connectivity index (χ1v) is 15.4. The van der Waals surface area contributed by atoms with Crippen LogP contribution in [-0.4, -0.2) is 54.0 Å². The maximum Gasteiger partial charge on any atom is 0.269 e. The van der Waals surface area contributed by atoms with E-state index in [0.29, 0.717) is 5.30 Å². The van der Waals surface area contributed by atoms with Gasteiger partial charge in [-0.05, 0) is 18.6 Å². The number of unbranched alkanes of at least 4 members (excludes halogenated alkanes) is 12. The molecule has 1 amide bonds. The summed E-state index contributed by atoms with van der Waals surface area (Å²) in [6.07, 6.45) is 16.1. The minimum Gasteiger partial charge on any atom is -0.390 e. The predicted octanol–water partition coefficient (Wildman–Crippen LogP) is 6.12. The number of quaternary nitrogens is 1. The summed E-state index contributed by atoms with van der Waals surface area (Å²) in [5.74, 6) is -1.08. The maximum absolute atomic E-state index is 14.1. The molecule has 0 bridgehead atoms. The van der Waals surface area contributed by atoms with E-state index in [-0.39, 0.29) is 22.5 Å². The van der Waals surface area contributed by atoms with Crippen LogP contribution in [0.2, 0.25) is 0 Å². The van der Waals surface area contributed by atoms with Crippen molar-refractivity contribution in [2.24, 2.45) is 0 Å². The summed E-state index contributed by atoms with van der Waals surface area (Å²) in [6.45, 7) is 1.85. The van der Waals surface area contributed by atoms with Crippen molar-refractivity contribution in [3.05, 3.63) is 34.4 Å². The van der Waals surface area contributed by atoms with Gasteiger partial charge in [0.15, 0.2) is 5.78 Å². The van der Waals surface area contributed by atoms with E-state index in [1.54, 1.807) is 21.1 Å². The highest BCUT2D eigenvalue weighted by atomic mass is 31.2. The zero-order valence-corrected chi connectivity index (χ0v) is 23.8. The molecule has 0 aromatic heterocycles. The van der Waals surface area contributed by atoms with Gasteiger partial charge >= 0.3 is 0 Å². The van der Waals surface area contributed by atoms with Crippen LogP contribution in [0.5, 0.6) is 0 Å². The third kappa shape index (κ3) is 11.5. The number of nitro benzene ring substituents is 1. The molecule has 0 fully saturated rings. The van der Waals surface area contributed by atoms with Gasteiger partial charge in [0, 0.05) is 23.9 Å². The van der Waals surface area contributed by atoms with Gasteiger partial charge < -0.3 is 9.59 Å². The molecule has 0 radical (unpaired) electrons. The van der Waals surface area contributed by atoms with E-state index in [1.807, 2.05) is 0 Å². The Kier molecular flexibility index (Phi) is 15.1. The summed E-state index contributed by atoms with van der Waals surface area (Å²) in [7, 11) is 1.81. The molecule has 0 saturated carbocycles. The molecule has 0 aliphatic carbocycles. The number of non-ortho nitro benzene ring substituents is 1. The van der Waals surface area contributed by atoms with Gasteiger partial charge in [0.05, 0.1) is 26.1 Å². The molecule has 0 heterocycles. The molecule has 36 heavy (non-hydrogen) atoms. The number of nitrogens with one attached hydrogen (secondary N) is 1. The quantitative estimate of drug-likeness (QED) is 0.0699. The van der Waals surface area contributed by atoms with Crippen molar-refractivity contribution >= 4 is 24.2 Å². The second-order valence-electron chi connectivity index (χ2n) is 10.7. The van der Waals surface area contributed by atoms with Crippen LogP contribution >= 0.6 is 7.29 Å². The standard InChI is InChI=1S/C27H48N3O5P/c1-5-6-7-8-9-10-11-12-13-14-15-16-17-18-26(32)28-36(35,27(23-31)30(2,3)4)25-21-19-24(20-22-25)29(33)34/h19-22,27,31H,5-18,23H2,1-4H3/p+1. The van der Waals surface area contributed by atoms with Gasteiger partial charge in [-0.1, -0.05) is 84.0 Å². The van der Waals surface area contributed by atoms with Crippen LogP contribution in [0.4, 0.5) is 5.69 Å². The number of carbonyl (C=O) groups excluding carboxylic acids is 1. The molecular formula is C27H49N3O5P+. The van der Waals surface area contributed by atoms with Crippen LogP contribution in [0.25, 0.3) is 0 Å². The molecule has 0 spiro atoms. The summed E-state index contributed by atoms with van der Waals surface area (Å²) in [5, 5.41) is 24.1. The van der Waals surface area contributed by atoms with Crippen molar-refractivity contribution < 1.29 is 23.9 Å². The Morgan fingerprint density at radius 3 is 1.75 bits per heavy atom. The number of carbonyl (C=O) groups is 1. The smallest absolute Gasteiger partial charge is 0.269 e.